The van der Waals surface area contributed by atoms with Gasteiger partial charge in [-0.1, -0.05) is 57.2 Å². The Balaban J connectivity index is 1.59. The highest BCUT2D eigenvalue weighted by atomic mass is 32.2. The maximum absolute atomic E-state index is 11.7. The summed E-state index contributed by atoms with van der Waals surface area (Å²) in [6.45, 7) is 15.1. The Bertz CT molecular complexity index is 1470. The van der Waals surface area contributed by atoms with Crippen LogP contribution in [0.4, 0.5) is 23.5 Å². The third kappa shape index (κ3) is 8.27. The first-order valence-electron chi connectivity index (χ1n) is 14.8. The van der Waals surface area contributed by atoms with Crippen LogP contribution in [0.2, 0.25) is 0 Å². The summed E-state index contributed by atoms with van der Waals surface area (Å²) in [5.74, 6) is 1.90. The quantitative estimate of drug-likeness (QED) is 0.194. The molecule has 1 aliphatic rings. The monoisotopic (exact) mass is 593 g/mol. The number of nitrogens with zero attached hydrogens (tertiary/aromatic N) is 6. The van der Waals surface area contributed by atoms with Gasteiger partial charge >= 0.3 is 0 Å². The molecule has 1 aliphatic heterocycles. The van der Waals surface area contributed by atoms with Crippen LogP contribution < -0.4 is 15.1 Å². The molecule has 1 fully saturated rings. The Morgan fingerprint density at radius 2 is 1.60 bits per heavy atom. The molecular weight excluding hydrogens is 550 g/mol. The van der Waals surface area contributed by atoms with Gasteiger partial charge < -0.3 is 15.1 Å². The van der Waals surface area contributed by atoms with Gasteiger partial charge in [-0.3, -0.25) is 9.45 Å². The zero-order chi connectivity index (χ0) is 30.1. The smallest absolute Gasteiger partial charge is 0.295 e. The van der Waals surface area contributed by atoms with Crippen molar-refractivity contribution < 1.29 is 13.0 Å². The number of piperazine rings is 1. The summed E-state index contributed by atoms with van der Waals surface area (Å²) in [7, 11) is -4.31. The van der Waals surface area contributed by atoms with Crippen LogP contribution in [0, 0.1) is 6.92 Å². The number of rotatable bonds is 13. The zero-order valence-corrected chi connectivity index (χ0v) is 25.9. The van der Waals surface area contributed by atoms with Gasteiger partial charge in [0.05, 0.1) is 0 Å². The van der Waals surface area contributed by atoms with Crippen molar-refractivity contribution in [1.29, 1.82) is 0 Å². The normalized spacial score (nSPS) is 14.5. The highest BCUT2D eigenvalue weighted by molar-refractivity contribution is 7.85. The van der Waals surface area contributed by atoms with Gasteiger partial charge in [-0.2, -0.15) is 23.4 Å². The van der Waals surface area contributed by atoms with Crippen LogP contribution in [0.1, 0.15) is 56.7 Å². The number of hydrogen-bond donors (Lipinski definition) is 2. The summed E-state index contributed by atoms with van der Waals surface area (Å²) < 4.78 is 33.0. The second kappa shape index (κ2) is 14.6. The second-order valence-electron chi connectivity index (χ2n) is 10.6. The summed E-state index contributed by atoms with van der Waals surface area (Å²) in [4.78, 5) is 21.4. The molecular formula is C31H43N7O3S. The first-order valence-corrected chi connectivity index (χ1v) is 16.3. The Kier molecular flexibility index (Phi) is 10.9. The van der Waals surface area contributed by atoms with Crippen LogP contribution in [0.25, 0.3) is 12.2 Å². The van der Waals surface area contributed by atoms with Crippen molar-refractivity contribution in [3.8, 4) is 0 Å². The van der Waals surface area contributed by atoms with Gasteiger partial charge in [0.15, 0.2) is 0 Å². The predicted octanol–water partition coefficient (Wildman–Crippen LogP) is 5.50. The van der Waals surface area contributed by atoms with Gasteiger partial charge in [0.1, 0.15) is 4.90 Å². The average Bonchev–Trinajstić information content (AvgIpc) is 2.97. The maximum atomic E-state index is 11.7. The van der Waals surface area contributed by atoms with Gasteiger partial charge in [-0.25, -0.2) is 0 Å². The number of aryl methyl sites for hydroxylation is 1. The number of hydrogen-bond acceptors (Lipinski definition) is 9. The maximum Gasteiger partial charge on any atom is 0.295 e. The van der Waals surface area contributed by atoms with Crippen molar-refractivity contribution in [2.45, 2.75) is 51.9 Å². The van der Waals surface area contributed by atoms with E-state index in [1.165, 1.54) is 6.07 Å². The molecule has 11 heteroatoms. The van der Waals surface area contributed by atoms with Crippen molar-refractivity contribution in [2.75, 3.05) is 60.9 Å². The summed E-state index contributed by atoms with van der Waals surface area (Å²) in [6.07, 6.45) is 6.69. The number of aromatic nitrogens is 3. The van der Waals surface area contributed by atoms with Crippen LogP contribution in [-0.2, 0) is 10.1 Å². The van der Waals surface area contributed by atoms with E-state index in [1.54, 1.807) is 24.3 Å². The Morgan fingerprint density at radius 1 is 0.905 bits per heavy atom. The minimum absolute atomic E-state index is 0.120. The molecule has 2 N–H and O–H groups in total. The molecule has 2 aromatic carbocycles. The summed E-state index contributed by atoms with van der Waals surface area (Å²) in [5, 5.41) is 3.40. The predicted molar refractivity (Wildman–Crippen MR) is 171 cm³/mol. The second-order valence-corrected chi connectivity index (χ2v) is 12.0. The molecule has 0 amide bonds. The summed E-state index contributed by atoms with van der Waals surface area (Å²) in [6, 6.07) is 12.3. The van der Waals surface area contributed by atoms with Crippen LogP contribution >= 0.6 is 0 Å². The van der Waals surface area contributed by atoms with Gasteiger partial charge in [-0.05, 0) is 67.6 Å². The van der Waals surface area contributed by atoms with Crippen molar-refractivity contribution in [3.05, 3.63) is 59.2 Å². The van der Waals surface area contributed by atoms with Crippen molar-refractivity contribution in [2.24, 2.45) is 0 Å². The fraction of sp³-hybridized carbons (Fsp3) is 0.452. The standard InChI is InChI=1S/C31H43N7O3S/c1-5-16-36-19-21-38(22-20-36)31-34-29(33-30(35-31)37(17-6-2)18-7-3)32-27-15-14-25(24(4)23-27)12-13-26-10-8-9-11-28(26)42(39,40)41/h8-15,23H,5-7,16-22H2,1-4H3,(H,39,40,41)(H,32,33,34,35)/b13-12+. The van der Waals surface area contributed by atoms with E-state index < -0.39 is 10.1 Å². The first-order chi connectivity index (χ1) is 20.2. The molecule has 0 radical (unpaired) electrons. The van der Waals surface area contributed by atoms with E-state index in [9.17, 15) is 13.0 Å². The average molecular weight is 594 g/mol. The lowest BCUT2D eigenvalue weighted by atomic mass is 10.1. The fourth-order valence-electron chi connectivity index (χ4n) is 5.13. The van der Waals surface area contributed by atoms with Crippen LogP contribution in [0.15, 0.2) is 47.4 Å². The van der Waals surface area contributed by atoms with E-state index in [-0.39, 0.29) is 4.90 Å². The minimum atomic E-state index is -4.31. The minimum Gasteiger partial charge on any atom is -0.341 e. The van der Waals surface area contributed by atoms with Gasteiger partial charge in [0.25, 0.3) is 10.1 Å². The molecule has 10 nitrogen and oxygen atoms in total. The lowest BCUT2D eigenvalue weighted by Gasteiger charge is -2.35. The molecule has 1 aromatic heterocycles. The molecule has 226 valence electrons. The molecule has 2 heterocycles. The van der Waals surface area contributed by atoms with Crippen molar-refractivity contribution in [3.63, 3.8) is 0 Å². The van der Waals surface area contributed by atoms with Crippen molar-refractivity contribution in [1.82, 2.24) is 19.9 Å². The number of benzene rings is 2. The topological polar surface area (TPSA) is 115 Å². The molecule has 42 heavy (non-hydrogen) atoms. The molecule has 3 aromatic rings. The Labute approximate surface area is 250 Å². The van der Waals surface area contributed by atoms with Crippen molar-refractivity contribution >= 4 is 45.8 Å². The fourth-order valence-corrected chi connectivity index (χ4v) is 5.82. The highest BCUT2D eigenvalue weighted by Gasteiger charge is 2.22. The Morgan fingerprint density at radius 3 is 2.24 bits per heavy atom. The number of nitrogens with one attached hydrogen (secondary N) is 1. The zero-order valence-electron chi connectivity index (χ0n) is 25.1. The summed E-state index contributed by atoms with van der Waals surface area (Å²) >= 11 is 0. The number of anilines is 4. The first kappa shape index (κ1) is 31.4. The van der Waals surface area contributed by atoms with Crippen LogP contribution in [0.5, 0.6) is 0 Å². The SMILES string of the molecule is CCCN1CCN(c2nc(Nc3ccc(/C=C/c4ccccc4S(=O)(=O)O)c(C)c3)nc(N(CCC)CCC)n2)CC1. The molecule has 0 saturated carbocycles. The molecule has 0 atom stereocenters. The van der Waals surface area contributed by atoms with Gasteiger partial charge in [-0.15, -0.1) is 0 Å². The highest BCUT2D eigenvalue weighted by Crippen LogP contribution is 2.25. The lowest BCUT2D eigenvalue weighted by Crippen LogP contribution is -2.47. The molecule has 0 aliphatic carbocycles. The van der Waals surface area contributed by atoms with E-state index in [0.717, 1.165) is 81.9 Å². The lowest BCUT2D eigenvalue weighted by molar-refractivity contribution is 0.257. The largest absolute Gasteiger partial charge is 0.341 e. The third-order valence-electron chi connectivity index (χ3n) is 7.24. The van der Waals surface area contributed by atoms with E-state index in [4.69, 9.17) is 15.0 Å². The van der Waals surface area contributed by atoms with Crippen LogP contribution in [0.3, 0.4) is 0 Å². The molecule has 0 unspecified atom stereocenters. The molecule has 1 saturated heterocycles. The summed E-state index contributed by atoms with van der Waals surface area (Å²) in [5.41, 5.74) is 3.17. The van der Waals surface area contributed by atoms with Gasteiger partial charge in [0, 0.05) is 45.0 Å². The Hall–Kier alpha value is -3.54. The van der Waals surface area contributed by atoms with E-state index >= 15 is 0 Å². The van der Waals surface area contributed by atoms with E-state index in [1.807, 2.05) is 31.2 Å². The molecule has 4 rings (SSSR count). The van der Waals surface area contributed by atoms with Crippen LogP contribution in [-0.4, -0.2) is 78.6 Å². The molecule has 0 spiro atoms. The third-order valence-corrected chi connectivity index (χ3v) is 8.17. The van der Waals surface area contributed by atoms with E-state index in [0.29, 0.717) is 23.4 Å². The van der Waals surface area contributed by atoms with Gasteiger partial charge in [0.2, 0.25) is 17.8 Å². The van der Waals surface area contributed by atoms with E-state index in [2.05, 4.69) is 40.8 Å². The molecule has 0 bridgehead atoms.